The quantitative estimate of drug-likeness (QED) is 0.828. The smallest absolute Gasteiger partial charge is 0.307 e. The van der Waals surface area contributed by atoms with Gasteiger partial charge in [0.15, 0.2) is 0 Å². The van der Waals surface area contributed by atoms with Crippen LogP contribution in [0, 0.1) is 6.92 Å². The number of esters is 1. The predicted octanol–water partition coefficient (Wildman–Crippen LogP) is 3.09. The van der Waals surface area contributed by atoms with Crippen molar-refractivity contribution in [3.63, 3.8) is 0 Å². The molecule has 2 aromatic rings. The molecule has 0 amide bonds. The lowest BCUT2D eigenvalue weighted by Crippen LogP contribution is -2.42. The lowest BCUT2D eigenvalue weighted by molar-refractivity contribution is -0.142. The molecule has 0 saturated heterocycles. The Kier molecular flexibility index (Phi) is 5.69. The van der Waals surface area contributed by atoms with Crippen molar-refractivity contribution in [1.82, 2.24) is 4.72 Å². The largest absolute Gasteiger partial charge is 0.469 e. The Balaban J connectivity index is 2.29. The summed E-state index contributed by atoms with van der Waals surface area (Å²) in [5, 5.41) is 0. The van der Waals surface area contributed by atoms with Crippen molar-refractivity contribution in [2.75, 3.05) is 7.11 Å². The van der Waals surface area contributed by atoms with Gasteiger partial charge in [-0.15, -0.1) is 0 Å². The van der Waals surface area contributed by atoms with E-state index in [1.807, 2.05) is 68.4 Å². The van der Waals surface area contributed by atoms with E-state index in [4.69, 9.17) is 4.74 Å². The SMILES string of the molecule is COC(=O)C[C@@](C)(N[S@](=O)c1ccc(C)cc1)c1ccccc1. The van der Waals surface area contributed by atoms with E-state index < -0.39 is 16.5 Å². The number of hydrogen-bond acceptors (Lipinski definition) is 3. The molecule has 2 aromatic carbocycles. The lowest BCUT2D eigenvalue weighted by Gasteiger charge is -2.29. The lowest BCUT2D eigenvalue weighted by atomic mass is 9.90. The monoisotopic (exact) mass is 331 g/mol. The van der Waals surface area contributed by atoms with Gasteiger partial charge < -0.3 is 4.74 Å². The number of hydrogen-bond donors (Lipinski definition) is 1. The summed E-state index contributed by atoms with van der Waals surface area (Å²) in [5.41, 5.74) is 1.20. The third-order valence-corrected chi connectivity index (χ3v) is 5.03. The van der Waals surface area contributed by atoms with Crippen LogP contribution in [0.5, 0.6) is 0 Å². The fourth-order valence-electron chi connectivity index (χ4n) is 2.29. The average Bonchev–Trinajstić information content (AvgIpc) is 2.56. The fourth-order valence-corrected chi connectivity index (χ4v) is 3.39. The molecule has 0 aromatic heterocycles. The molecule has 0 radical (unpaired) electrons. The van der Waals surface area contributed by atoms with Gasteiger partial charge in [0, 0.05) is 0 Å². The maximum absolute atomic E-state index is 12.7. The van der Waals surface area contributed by atoms with Gasteiger partial charge in [-0.25, -0.2) is 8.93 Å². The van der Waals surface area contributed by atoms with Gasteiger partial charge in [0.1, 0.15) is 11.0 Å². The Bertz CT molecular complexity index is 685. The molecule has 0 aliphatic carbocycles. The minimum atomic E-state index is -1.44. The van der Waals surface area contributed by atoms with E-state index in [0.29, 0.717) is 4.90 Å². The molecule has 5 heteroatoms. The van der Waals surface area contributed by atoms with Gasteiger partial charge >= 0.3 is 5.97 Å². The zero-order valence-electron chi connectivity index (χ0n) is 13.5. The van der Waals surface area contributed by atoms with Gasteiger partial charge in [-0.3, -0.25) is 4.79 Å². The first-order chi connectivity index (χ1) is 10.9. The predicted molar refractivity (Wildman–Crippen MR) is 91.2 cm³/mol. The van der Waals surface area contributed by atoms with Gasteiger partial charge in [-0.1, -0.05) is 48.0 Å². The van der Waals surface area contributed by atoms with Crippen molar-refractivity contribution in [3.05, 3.63) is 65.7 Å². The van der Waals surface area contributed by atoms with E-state index >= 15 is 0 Å². The van der Waals surface area contributed by atoms with Gasteiger partial charge in [0.2, 0.25) is 0 Å². The molecule has 23 heavy (non-hydrogen) atoms. The van der Waals surface area contributed by atoms with Crippen LogP contribution in [-0.2, 0) is 26.1 Å². The molecular formula is C18H21NO3S. The van der Waals surface area contributed by atoms with Crippen LogP contribution in [0.15, 0.2) is 59.5 Å². The Hall–Kier alpha value is -1.98. The van der Waals surface area contributed by atoms with Crippen LogP contribution < -0.4 is 4.72 Å². The number of rotatable bonds is 6. The summed E-state index contributed by atoms with van der Waals surface area (Å²) in [6.45, 7) is 3.83. The zero-order chi connectivity index (χ0) is 16.9. The molecule has 0 heterocycles. The Labute approximate surface area is 139 Å². The van der Waals surface area contributed by atoms with E-state index in [2.05, 4.69) is 4.72 Å². The van der Waals surface area contributed by atoms with E-state index in [9.17, 15) is 9.00 Å². The number of methoxy groups -OCH3 is 1. The zero-order valence-corrected chi connectivity index (χ0v) is 14.4. The second kappa shape index (κ2) is 7.53. The van der Waals surface area contributed by atoms with Gasteiger partial charge in [-0.2, -0.15) is 0 Å². The van der Waals surface area contributed by atoms with Crippen LogP contribution in [0.25, 0.3) is 0 Å². The summed E-state index contributed by atoms with van der Waals surface area (Å²) < 4.78 is 20.5. The molecule has 2 atom stereocenters. The van der Waals surface area contributed by atoms with Crippen LogP contribution >= 0.6 is 0 Å². The summed E-state index contributed by atoms with van der Waals surface area (Å²) in [4.78, 5) is 12.5. The Morgan fingerprint density at radius 2 is 1.74 bits per heavy atom. The highest BCUT2D eigenvalue weighted by atomic mass is 32.2. The summed E-state index contributed by atoms with van der Waals surface area (Å²) in [6, 6.07) is 17.0. The molecule has 122 valence electrons. The maximum Gasteiger partial charge on any atom is 0.307 e. The van der Waals surface area contributed by atoms with E-state index in [1.54, 1.807) is 0 Å². The molecule has 0 fully saturated rings. The summed E-state index contributed by atoms with van der Waals surface area (Å²) >= 11 is 0. The fraction of sp³-hybridized carbons (Fsp3) is 0.278. The van der Waals surface area contributed by atoms with Crippen LogP contribution in [-0.4, -0.2) is 17.3 Å². The minimum Gasteiger partial charge on any atom is -0.469 e. The van der Waals surface area contributed by atoms with E-state index in [0.717, 1.165) is 11.1 Å². The second-order valence-electron chi connectivity index (χ2n) is 5.63. The van der Waals surface area contributed by atoms with Crippen LogP contribution in [0.1, 0.15) is 24.5 Å². The standard InChI is InChI=1S/C18H21NO3S/c1-14-9-11-16(12-10-14)23(21)19-18(2,13-17(20)22-3)15-7-5-4-6-8-15/h4-12,19H,13H2,1-3H3/t18-,23-/m1/s1. The van der Waals surface area contributed by atoms with Gasteiger partial charge in [0.05, 0.1) is 24.0 Å². The number of carbonyl (C=O) groups is 1. The highest BCUT2D eigenvalue weighted by Gasteiger charge is 2.32. The van der Waals surface area contributed by atoms with Gasteiger partial charge in [0.25, 0.3) is 0 Å². The third-order valence-electron chi connectivity index (χ3n) is 3.69. The van der Waals surface area contributed by atoms with Crippen molar-refractivity contribution in [2.45, 2.75) is 30.7 Å². The normalized spacial score (nSPS) is 14.7. The molecular weight excluding hydrogens is 310 g/mol. The van der Waals surface area contributed by atoms with Crippen molar-refractivity contribution in [2.24, 2.45) is 0 Å². The minimum absolute atomic E-state index is 0.0884. The molecule has 0 spiro atoms. The molecule has 0 saturated carbocycles. The summed E-state index contributed by atoms with van der Waals surface area (Å²) in [5.74, 6) is -0.357. The number of nitrogens with one attached hydrogen (secondary N) is 1. The average molecular weight is 331 g/mol. The number of aryl methyl sites for hydroxylation is 1. The molecule has 1 N–H and O–H groups in total. The first kappa shape index (κ1) is 17.4. The number of benzene rings is 2. The summed E-state index contributed by atoms with van der Waals surface area (Å²) in [6.07, 6.45) is 0.0884. The summed E-state index contributed by atoms with van der Waals surface area (Å²) in [7, 11) is -0.0859. The number of ether oxygens (including phenoxy) is 1. The van der Waals surface area contributed by atoms with Crippen LogP contribution in [0.2, 0.25) is 0 Å². The van der Waals surface area contributed by atoms with Gasteiger partial charge in [-0.05, 0) is 31.5 Å². The number of carbonyl (C=O) groups excluding carboxylic acids is 1. The Morgan fingerprint density at radius 3 is 2.30 bits per heavy atom. The third kappa shape index (κ3) is 4.50. The topological polar surface area (TPSA) is 55.4 Å². The van der Waals surface area contributed by atoms with Crippen LogP contribution in [0.3, 0.4) is 0 Å². The molecule has 0 bridgehead atoms. The molecule has 2 rings (SSSR count). The van der Waals surface area contributed by atoms with E-state index in [1.165, 1.54) is 7.11 Å². The molecule has 4 nitrogen and oxygen atoms in total. The van der Waals surface area contributed by atoms with Crippen molar-refractivity contribution < 1.29 is 13.7 Å². The second-order valence-corrected chi connectivity index (χ2v) is 6.85. The first-order valence-corrected chi connectivity index (χ1v) is 8.48. The Morgan fingerprint density at radius 1 is 1.13 bits per heavy atom. The first-order valence-electron chi connectivity index (χ1n) is 7.33. The maximum atomic E-state index is 12.7. The van der Waals surface area contributed by atoms with Crippen molar-refractivity contribution in [3.8, 4) is 0 Å². The van der Waals surface area contributed by atoms with Crippen LogP contribution in [0.4, 0.5) is 0 Å². The van der Waals surface area contributed by atoms with Crippen molar-refractivity contribution in [1.29, 1.82) is 0 Å². The molecule has 0 unspecified atom stereocenters. The van der Waals surface area contributed by atoms with Crippen molar-refractivity contribution >= 4 is 17.0 Å². The molecule has 0 aliphatic heterocycles. The van der Waals surface area contributed by atoms with E-state index in [-0.39, 0.29) is 12.4 Å². The molecule has 0 aliphatic rings. The highest BCUT2D eigenvalue weighted by Crippen LogP contribution is 2.26. The highest BCUT2D eigenvalue weighted by molar-refractivity contribution is 7.83.